The molecule has 1 amide bonds. The third kappa shape index (κ3) is 4.54. The lowest BCUT2D eigenvalue weighted by Gasteiger charge is -2.16. The van der Waals surface area contributed by atoms with Crippen molar-refractivity contribution in [1.82, 2.24) is 4.90 Å². The second kappa shape index (κ2) is 8.63. The lowest BCUT2D eigenvalue weighted by atomic mass is 9.95. The number of methoxy groups -OCH3 is 1. The third-order valence-electron chi connectivity index (χ3n) is 4.63. The molecule has 0 saturated carbocycles. The maximum Gasteiger partial charge on any atom is 0.341 e. The monoisotopic (exact) mass is 390 g/mol. The standard InChI is InChI=1S/C20H23FN2O3S/c1-23(11-13-7-3-5-9-15(13)21)12-17(24)22-19-18(20(25)26-2)14-8-4-6-10-16(14)27-19/h3,5,7,9H,4,6,8,10-12H2,1-2H3,(H,22,24). The van der Waals surface area contributed by atoms with Crippen LogP contribution in [0.4, 0.5) is 9.39 Å². The Hall–Kier alpha value is -2.25. The second-order valence-corrected chi connectivity index (χ2v) is 7.82. The third-order valence-corrected chi connectivity index (χ3v) is 5.83. The Morgan fingerprint density at radius 2 is 2.00 bits per heavy atom. The maximum absolute atomic E-state index is 13.8. The zero-order valence-electron chi connectivity index (χ0n) is 15.5. The molecule has 0 fully saturated rings. The Kier molecular flexibility index (Phi) is 6.23. The minimum Gasteiger partial charge on any atom is -0.465 e. The molecule has 1 aliphatic rings. The number of carbonyl (C=O) groups excluding carboxylic acids is 2. The molecule has 1 N–H and O–H groups in total. The summed E-state index contributed by atoms with van der Waals surface area (Å²) >= 11 is 1.46. The van der Waals surface area contributed by atoms with E-state index in [0.29, 0.717) is 22.7 Å². The van der Waals surface area contributed by atoms with Crippen molar-refractivity contribution in [2.45, 2.75) is 32.2 Å². The Morgan fingerprint density at radius 1 is 1.26 bits per heavy atom. The zero-order chi connectivity index (χ0) is 19.4. The van der Waals surface area contributed by atoms with Crippen molar-refractivity contribution in [1.29, 1.82) is 0 Å². The smallest absolute Gasteiger partial charge is 0.341 e. The number of thiophene rings is 1. The summed E-state index contributed by atoms with van der Waals surface area (Å²) < 4.78 is 18.7. The fourth-order valence-corrected chi connectivity index (χ4v) is 4.65. The Labute approximate surface area is 162 Å². The van der Waals surface area contributed by atoms with Crippen LogP contribution in [0.3, 0.4) is 0 Å². The van der Waals surface area contributed by atoms with E-state index in [9.17, 15) is 14.0 Å². The predicted molar refractivity (Wildman–Crippen MR) is 104 cm³/mol. The molecule has 144 valence electrons. The van der Waals surface area contributed by atoms with Gasteiger partial charge in [-0.25, -0.2) is 9.18 Å². The number of nitrogens with one attached hydrogen (secondary N) is 1. The topological polar surface area (TPSA) is 58.6 Å². The molecule has 7 heteroatoms. The van der Waals surface area contributed by atoms with Crippen LogP contribution in [0, 0.1) is 5.82 Å². The molecule has 27 heavy (non-hydrogen) atoms. The van der Waals surface area contributed by atoms with Gasteiger partial charge in [0.25, 0.3) is 0 Å². The van der Waals surface area contributed by atoms with Crippen molar-refractivity contribution in [3.8, 4) is 0 Å². The number of likely N-dealkylation sites (N-methyl/N-ethyl adjacent to an activating group) is 1. The Bertz CT molecular complexity index is 850. The first-order chi connectivity index (χ1) is 13.0. The molecule has 0 bridgehead atoms. The summed E-state index contributed by atoms with van der Waals surface area (Å²) in [5, 5.41) is 3.41. The summed E-state index contributed by atoms with van der Waals surface area (Å²) in [6.07, 6.45) is 3.88. The van der Waals surface area contributed by atoms with Gasteiger partial charge in [-0.3, -0.25) is 9.69 Å². The number of nitrogens with zero attached hydrogens (tertiary/aromatic N) is 1. The molecular formula is C20H23FN2O3S. The summed E-state index contributed by atoms with van der Waals surface area (Å²) in [6.45, 7) is 0.419. The molecule has 5 nitrogen and oxygen atoms in total. The molecule has 2 aromatic rings. The van der Waals surface area contributed by atoms with Gasteiger partial charge in [-0.1, -0.05) is 18.2 Å². The van der Waals surface area contributed by atoms with Gasteiger partial charge in [0.05, 0.1) is 19.2 Å². The minimum absolute atomic E-state index is 0.0948. The number of carbonyl (C=O) groups is 2. The first-order valence-electron chi connectivity index (χ1n) is 8.94. The molecule has 0 unspecified atom stereocenters. The highest BCUT2D eigenvalue weighted by molar-refractivity contribution is 7.17. The van der Waals surface area contributed by atoms with Crippen molar-refractivity contribution >= 4 is 28.2 Å². The van der Waals surface area contributed by atoms with E-state index >= 15 is 0 Å². The Morgan fingerprint density at radius 3 is 2.74 bits per heavy atom. The quantitative estimate of drug-likeness (QED) is 0.766. The van der Waals surface area contributed by atoms with Gasteiger partial charge >= 0.3 is 5.97 Å². The van der Waals surface area contributed by atoms with E-state index in [-0.39, 0.29) is 18.3 Å². The molecule has 1 aliphatic carbocycles. The van der Waals surface area contributed by atoms with E-state index in [2.05, 4.69) is 5.32 Å². The number of fused-ring (bicyclic) bond motifs is 1. The molecule has 3 rings (SSSR count). The first-order valence-corrected chi connectivity index (χ1v) is 9.76. The van der Waals surface area contributed by atoms with Crippen molar-refractivity contribution in [3.05, 3.63) is 51.7 Å². The highest BCUT2D eigenvalue weighted by Crippen LogP contribution is 2.38. The Balaban J connectivity index is 1.69. The van der Waals surface area contributed by atoms with Crippen LogP contribution in [-0.4, -0.2) is 37.5 Å². The van der Waals surface area contributed by atoms with Crippen molar-refractivity contribution in [2.24, 2.45) is 0 Å². The largest absolute Gasteiger partial charge is 0.465 e. The number of ether oxygens (including phenoxy) is 1. The van der Waals surface area contributed by atoms with Crippen LogP contribution in [0.1, 0.15) is 39.2 Å². The lowest BCUT2D eigenvalue weighted by Crippen LogP contribution is -2.30. The SMILES string of the molecule is COC(=O)c1c(NC(=O)CN(C)Cc2ccccc2F)sc2c1CCCC2. The van der Waals surface area contributed by atoms with Crippen LogP contribution in [0.5, 0.6) is 0 Å². The normalized spacial score (nSPS) is 13.3. The van der Waals surface area contributed by atoms with Crippen molar-refractivity contribution in [3.63, 3.8) is 0 Å². The van der Waals surface area contributed by atoms with Crippen molar-refractivity contribution < 1.29 is 18.7 Å². The molecule has 1 heterocycles. The summed E-state index contributed by atoms with van der Waals surface area (Å²) in [6, 6.07) is 6.51. The fraction of sp³-hybridized carbons (Fsp3) is 0.400. The molecule has 0 radical (unpaired) electrons. The van der Waals surface area contributed by atoms with Crippen LogP contribution in [0.2, 0.25) is 0 Å². The van der Waals surface area contributed by atoms with E-state index in [0.717, 1.165) is 36.1 Å². The second-order valence-electron chi connectivity index (χ2n) is 6.72. The highest BCUT2D eigenvalue weighted by atomic mass is 32.1. The average Bonchev–Trinajstić information content (AvgIpc) is 3.00. The predicted octanol–water partition coefficient (Wildman–Crippen LogP) is 3.62. The number of rotatable bonds is 6. The maximum atomic E-state index is 13.8. The van der Waals surface area contributed by atoms with Gasteiger partial charge < -0.3 is 10.1 Å². The number of hydrogen-bond donors (Lipinski definition) is 1. The molecule has 0 aliphatic heterocycles. The molecule has 1 aromatic heterocycles. The van der Waals surface area contributed by atoms with E-state index in [1.807, 2.05) is 0 Å². The van der Waals surface area contributed by atoms with Crippen LogP contribution in [0.25, 0.3) is 0 Å². The van der Waals surface area contributed by atoms with Crippen molar-refractivity contribution in [2.75, 3.05) is 26.0 Å². The molecular weight excluding hydrogens is 367 g/mol. The number of halogens is 1. The summed E-state index contributed by atoms with van der Waals surface area (Å²) in [5.41, 5.74) is 2.03. The van der Waals surface area contributed by atoms with E-state index < -0.39 is 5.97 Å². The summed E-state index contributed by atoms with van der Waals surface area (Å²) in [5.74, 6) is -0.939. The van der Waals surface area contributed by atoms with Crippen LogP contribution in [-0.2, 0) is 28.9 Å². The van der Waals surface area contributed by atoms with E-state index in [1.165, 1.54) is 24.5 Å². The van der Waals surface area contributed by atoms with Gasteiger partial charge in [0, 0.05) is 17.0 Å². The first kappa shape index (κ1) is 19.5. The van der Waals surface area contributed by atoms with Crippen LogP contribution >= 0.6 is 11.3 Å². The van der Waals surface area contributed by atoms with Gasteiger partial charge in [0.15, 0.2) is 0 Å². The van der Waals surface area contributed by atoms with Gasteiger partial charge in [-0.2, -0.15) is 0 Å². The van der Waals surface area contributed by atoms with E-state index in [4.69, 9.17) is 4.74 Å². The number of amides is 1. The minimum atomic E-state index is -0.413. The van der Waals surface area contributed by atoms with E-state index in [1.54, 1.807) is 30.1 Å². The molecule has 0 atom stereocenters. The van der Waals surface area contributed by atoms with Gasteiger partial charge in [-0.05, 0) is 44.4 Å². The number of anilines is 1. The molecule has 1 aromatic carbocycles. The number of esters is 1. The summed E-state index contributed by atoms with van der Waals surface area (Å²) in [4.78, 5) is 27.6. The lowest BCUT2D eigenvalue weighted by molar-refractivity contribution is -0.117. The van der Waals surface area contributed by atoms with Gasteiger partial charge in [0.1, 0.15) is 10.8 Å². The van der Waals surface area contributed by atoms with Crippen LogP contribution < -0.4 is 5.32 Å². The number of hydrogen-bond acceptors (Lipinski definition) is 5. The summed E-state index contributed by atoms with van der Waals surface area (Å²) in [7, 11) is 3.11. The fourth-order valence-electron chi connectivity index (χ4n) is 3.36. The molecule has 0 saturated heterocycles. The number of benzene rings is 1. The highest BCUT2D eigenvalue weighted by Gasteiger charge is 2.27. The van der Waals surface area contributed by atoms with Gasteiger partial charge in [-0.15, -0.1) is 11.3 Å². The molecule has 0 spiro atoms. The average molecular weight is 390 g/mol. The zero-order valence-corrected chi connectivity index (χ0v) is 16.3. The number of aryl methyl sites for hydroxylation is 1. The van der Waals surface area contributed by atoms with Gasteiger partial charge in [0.2, 0.25) is 5.91 Å². The van der Waals surface area contributed by atoms with Crippen LogP contribution in [0.15, 0.2) is 24.3 Å².